The maximum atomic E-state index is 5.83. The maximum absolute atomic E-state index is 5.83. The summed E-state index contributed by atoms with van der Waals surface area (Å²) in [6.07, 6.45) is 2.43. The van der Waals surface area contributed by atoms with Gasteiger partial charge in [0.2, 0.25) is 0 Å². The fourth-order valence-corrected chi connectivity index (χ4v) is 0.944. The Labute approximate surface area is 65.7 Å². The zero-order chi connectivity index (χ0) is 8.32. The zero-order valence-electron chi connectivity index (χ0n) is 6.55. The molecule has 5 heteroatoms. The van der Waals surface area contributed by atoms with Crippen LogP contribution in [0.4, 0.5) is 0 Å². The lowest BCUT2D eigenvalue weighted by Gasteiger charge is -2.20. The number of nitrogens with two attached hydrogens (primary N) is 2. The Kier molecular flexibility index (Phi) is 2.33. The molecule has 1 unspecified atom stereocenters. The van der Waals surface area contributed by atoms with Crippen molar-refractivity contribution >= 4 is 0 Å². The molecule has 1 atom stereocenters. The van der Waals surface area contributed by atoms with Gasteiger partial charge < -0.3 is 21.6 Å². The Morgan fingerprint density at radius 2 is 2.45 bits per heavy atom. The zero-order valence-corrected chi connectivity index (χ0v) is 6.55. The Morgan fingerprint density at radius 1 is 1.73 bits per heavy atom. The molecule has 0 fully saturated rings. The SMILES string of the molecule is COCCC1(N)C=C(N)NN1. The van der Waals surface area contributed by atoms with Gasteiger partial charge in [-0.15, -0.1) is 0 Å². The van der Waals surface area contributed by atoms with Crippen molar-refractivity contribution in [2.45, 2.75) is 12.1 Å². The van der Waals surface area contributed by atoms with E-state index in [1.807, 2.05) is 0 Å². The van der Waals surface area contributed by atoms with E-state index in [4.69, 9.17) is 16.2 Å². The van der Waals surface area contributed by atoms with E-state index in [2.05, 4.69) is 10.9 Å². The molecule has 0 aliphatic carbocycles. The molecule has 64 valence electrons. The molecular weight excluding hydrogens is 144 g/mol. The van der Waals surface area contributed by atoms with Crippen molar-refractivity contribution in [3.8, 4) is 0 Å². The largest absolute Gasteiger partial charge is 0.385 e. The van der Waals surface area contributed by atoms with Crippen molar-refractivity contribution in [3.05, 3.63) is 11.9 Å². The van der Waals surface area contributed by atoms with Gasteiger partial charge in [-0.3, -0.25) is 0 Å². The first-order valence-electron chi connectivity index (χ1n) is 3.46. The first-order valence-corrected chi connectivity index (χ1v) is 3.46. The minimum atomic E-state index is -0.555. The highest BCUT2D eigenvalue weighted by atomic mass is 16.5. The molecule has 0 aromatic heterocycles. The van der Waals surface area contributed by atoms with Gasteiger partial charge in [0, 0.05) is 20.1 Å². The van der Waals surface area contributed by atoms with Crippen LogP contribution in [0.5, 0.6) is 0 Å². The van der Waals surface area contributed by atoms with Crippen LogP contribution in [0.15, 0.2) is 11.9 Å². The normalized spacial score (nSPS) is 29.8. The fraction of sp³-hybridized carbons (Fsp3) is 0.667. The molecule has 1 heterocycles. The van der Waals surface area contributed by atoms with Crippen LogP contribution in [-0.2, 0) is 4.74 Å². The van der Waals surface area contributed by atoms with Gasteiger partial charge in [-0.05, 0) is 6.08 Å². The van der Waals surface area contributed by atoms with Crippen molar-refractivity contribution in [1.82, 2.24) is 10.9 Å². The molecule has 0 radical (unpaired) electrons. The minimum Gasteiger partial charge on any atom is -0.385 e. The minimum absolute atomic E-state index is 0.555. The first-order chi connectivity index (χ1) is 5.16. The molecule has 0 aromatic carbocycles. The van der Waals surface area contributed by atoms with Crippen LogP contribution >= 0.6 is 0 Å². The highest BCUT2D eigenvalue weighted by molar-refractivity contribution is 5.13. The highest BCUT2D eigenvalue weighted by Crippen LogP contribution is 2.08. The number of rotatable bonds is 3. The number of hydrazine groups is 1. The van der Waals surface area contributed by atoms with Crippen LogP contribution < -0.4 is 22.3 Å². The Bertz CT molecular complexity index is 170. The fourth-order valence-electron chi connectivity index (χ4n) is 0.944. The van der Waals surface area contributed by atoms with Crippen molar-refractivity contribution in [1.29, 1.82) is 0 Å². The summed E-state index contributed by atoms with van der Waals surface area (Å²) in [6, 6.07) is 0. The van der Waals surface area contributed by atoms with E-state index in [0.717, 1.165) is 0 Å². The lowest BCUT2D eigenvalue weighted by Crippen LogP contribution is -2.53. The number of nitrogens with one attached hydrogen (secondary N) is 2. The van der Waals surface area contributed by atoms with Crippen molar-refractivity contribution < 1.29 is 4.74 Å². The summed E-state index contributed by atoms with van der Waals surface area (Å²) >= 11 is 0. The average Bonchev–Trinajstić information content (AvgIpc) is 2.28. The van der Waals surface area contributed by atoms with Crippen molar-refractivity contribution in [2.75, 3.05) is 13.7 Å². The smallest absolute Gasteiger partial charge is 0.110 e. The summed E-state index contributed by atoms with van der Waals surface area (Å²) in [4.78, 5) is 0. The van der Waals surface area contributed by atoms with Gasteiger partial charge >= 0.3 is 0 Å². The van der Waals surface area contributed by atoms with Gasteiger partial charge in [0.1, 0.15) is 11.5 Å². The van der Waals surface area contributed by atoms with Gasteiger partial charge in [0.15, 0.2) is 0 Å². The Morgan fingerprint density at radius 3 is 2.91 bits per heavy atom. The third-order valence-corrected chi connectivity index (χ3v) is 1.57. The lowest BCUT2D eigenvalue weighted by molar-refractivity contribution is 0.169. The molecule has 0 saturated carbocycles. The average molecular weight is 158 g/mol. The Balaban J connectivity index is 2.42. The molecule has 0 amide bonds. The van der Waals surface area contributed by atoms with Crippen LogP contribution in [0.3, 0.4) is 0 Å². The molecule has 1 rings (SSSR count). The van der Waals surface area contributed by atoms with Crippen LogP contribution in [0.25, 0.3) is 0 Å². The van der Waals surface area contributed by atoms with Gasteiger partial charge in [-0.2, -0.15) is 0 Å². The number of hydrogen-bond donors (Lipinski definition) is 4. The highest BCUT2D eigenvalue weighted by Gasteiger charge is 2.26. The molecule has 6 N–H and O–H groups in total. The molecule has 1 aliphatic heterocycles. The number of ether oxygens (including phenoxy) is 1. The van der Waals surface area contributed by atoms with Crippen molar-refractivity contribution in [2.24, 2.45) is 11.5 Å². The third kappa shape index (κ3) is 2.07. The maximum Gasteiger partial charge on any atom is 0.110 e. The monoisotopic (exact) mass is 158 g/mol. The van der Waals surface area contributed by atoms with E-state index in [-0.39, 0.29) is 0 Å². The van der Waals surface area contributed by atoms with Gasteiger partial charge in [-0.1, -0.05) is 0 Å². The molecule has 1 aliphatic rings. The van der Waals surface area contributed by atoms with Gasteiger partial charge in [0.25, 0.3) is 0 Å². The second-order valence-electron chi connectivity index (χ2n) is 2.63. The summed E-state index contributed by atoms with van der Waals surface area (Å²) in [6.45, 7) is 0.606. The Hall–Kier alpha value is -0.780. The van der Waals surface area contributed by atoms with Gasteiger partial charge in [0.05, 0.1) is 0 Å². The van der Waals surface area contributed by atoms with E-state index in [1.54, 1.807) is 13.2 Å². The van der Waals surface area contributed by atoms with E-state index in [0.29, 0.717) is 18.8 Å². The van der Waals surface area contributed by atoms with Crippen LogP contribution in [0.2, 0.25) is 0 Å². The molecule has 11 heavy (non-hydrogen) atoms. The summed E-state index contributed by atoms with van der Waals surface area (Å²) in [7, 11) is 1.64. The van der Waals surface area contributed by atoms with E-state index < -0.39 is 5.66 Å². The second kappa shape index (κ2) is 3.08. The summed E-state index contributed by atoms with van der Waals surface area (Å²) in [5.41, 5.74) is 16.3. The van der Waals surface area contributed by atoms with Crippen LogP contribution in [-0.4, -0.2) is 19.4 Å². The number of methoxy groups -OCH3 is 1. The predicted octanol–water partition coefficient (Wildman–Crippen LogP) is -1.41. The third-order valence-electron chi connectivity index (χ3n) is 1.57. The van der Waals surface area contributed by atoms with Crippen molar-refractivity contribution in [3.63, 3.8) is 0 Å². The standard InChI is InChI=1S/C6H14N4O/c1-11-3-2-6(8)4-5(7)9-10-6/h4,9-10H,2-3,7-8H2,1H3. The van der Waals surface area contributed by atoms with E-state index in [1.165, 1.54) is 0 Å². The summed E-state index contributed by atoms with van der Waals surface area (Å²) < 4.78 is 4.89. The molecule has 0 spiro atoms. The van der Waals surface area contributed by atoms with E-state index >= 15 is 0 Å². The molecule has 5 nitrogen and oxygen atoms in total. The molecule has 0 bridgehead atoms. The summed E-state index contributed by atoms with van der Waals surface area (Å²) in [5, 5.41) is 0. The van der Waals surface area contributed by atoms with Crippen LogP contribution in [0, 0.1) is 0 Å². The second-order valence-corrected chi connectivity index (χ2v) is 2.63. The first kappa shape index (κ1) is 8.32. The summed E-state index contributed by atoms with van der Waals surface area (Å²) in [5.74, 6) is 0.559. The molecular formula is C6H14N4O. The lowest BCUT2D eigenvalue weighted by atomic mass is 10.1. The molecule has 0 saturated heterocycles. The quantitative estimate of drug-likeness (QED) is 0.405. The number of hydrogen-bond acceptors (Lipinski definition) is 5. The van der Waals surface area contributed by atoms with Gasteiger partial charge in [-0.25, -0.2) is 5.43 Å². The predicted molar refractivity (Wildman–Crippen MR) is 42.0 cm³/mol. The molecule has 0 aromatic rings. The van der Waals surface area contributed by atoms with E-state index in [9.17, 15) is 0 Å². The topological polar surface area (TPSA) is 85.3 Å². The van der Waals surface area contributed by atoms with Crippen LogP contribution in [0.1, 0.15) is 6.42 Å².